The first-order valence-electron chi connectivity index (χ1n) is 7.24. The zero-order valence-electron chi connectivity index (χ0n) is 13.4. The number of hydrogen-bond acceptors (Lipinski definition) is 4. The van der Waals surface area contributed by atoms with Gasteiger partial charge < -0.3 is 11.2 Å². The Kier molecular flexibility index (Phi) is 5.37. The van der Waals surface area contributed by atoms with E-state index in [1.807, 2.05) is 0 Å². The minimum absolute atomic E-state index is 0.0493. The summed E-state index contributed by atoms with van der Waals surface area (Å²) in [5.41, 5.74) is 4.62. The fourth-order valence-corrected chi connectivity index (χ4v) is 2.30. The quantitative estimate of drug-likeness (QED) is 0.322. The van der Waals surface area contributed by atoms with Gasteiger partial charge >= 0.3 is 12.4 Å². The molecule has 27 heavy (non-hydrogen) atoms. The van der Waals surface area contributed by atoms with E-state index in [9.17, 15) is 26.3 Å². The molecule has 2 aromatic rings. The van der Waals surface area contributed by atoms with E-state index >= 15 is 0 Å². The number of benzene rings is 2. The predicted molar refractivity (Wildman–Crippen MR) is 85.9 cm³/mol. The maximum Gasteiger partial charge on any atom is 0.416 e. The third-order valence-electron chi connectivity index (χ3n) is 3.62. The van der Waals surface area contributed by atoms with Crippen molar-refractivity contribution in [2.45, 2.75) is 12.4 Å². The maximum absolute atomic E-state index is 13.0. The number of alkyl halides is 6. The van der Waals surface area contributed by atoms with Gasteiger partial charge in [0.1, 0.15) is 6.07 Å². The van der Waals surface area contributed by atoms with Gasteiger partial charge in [-0.3, -0.25) is 0 Å². The second-order valence-electron chi connectivity index (χ2n) is 5.42. The molecule has 0 fully saturated rings. The molecule has 2 rings (SSSR count). The Bertz CT molecular complexity index is 890. The molecule has 0 spiro atoms. The molecule has 2 aromatic carbocycles. The first kappa shape index (κ1) is 20.1. The molecule has 5 N–H and O–H groups in total. The van der Waals surface area contributed by atoms with Crippen LogP contribution in [0.4, 0.5) is 26.3 Å². The number of nitrogens with one attached hydrogen (secondary N) is 1. The van der Waals surface area contributed by atoms with Crippen LogP contribution in [0, 0.1) is 11.3 Å². The number of allylic oxidation sites excluding steroid dienone is 1. The summed E-state index contributed by atoms with van der Waals surface area (Å²) in [6.45, 7) is 0. The molecule has 0 unspecified atom stereocenters. The van der Waals surface area contributed by atoms with Gasteiger partial charge in [-0.05, 0) is 35.4 Å². The second kappa shape index (κ2) is 7.20. The van der Waals surface area contributed by atoms with Gasteiger partial charge in [0.2, 0.25) is 0 Å². The van der Waals surface area contributed by atoms with Crippen molar-refractivity contribution in [3.05, 3.63) is 64.9 Å². The molecule has 0 amide bonds. The van der Waals surface area contributed by atoms with E-state index in [0.29, 0.717) is 12.1 Å². The van der Waals surface area contributed by atoms with E-state index in [4.69, 9.17) is 16.8 Å². The first-order valence-corrected chi connectivity index (χ1v) is 7.24. The summed E-state index contributed by atoms with van der Waals surface area (Å²) >= 11 is 0. The van der Waals surface area contributed by atoms with E-state index in [1.165, 1.54) is 24.3 Å². The SMILES string of the molecule is N#C/C(NN)=C(/N)c1cccc(-c2cc(C(F)(F)F)cc(C(F)(F)F)c2)c1. The molecule has 0 heterocycles. The molecule has 0 bridgehead atoms. The number of hydrogen-bond donors (Lipinski definition) is 3. The Balaban J connectivity index is 2.67. The van der Waals surface area contributed by atoms with Gasteiger partial charge in [-0.2, -0.15) is 31.6 Å². The molecule has 0 aliphatic carbocycles. The minimum Gasteiger partial charge on any atom is -0.396 e. The molecular weight excluding hydrogens is 374 g/mol. The van der Waals surface area contributed by atoms with Gasteiger partial charge in [0.15, 0.2) is 5.70 Å². The molecular formula is C17H12F6N4. The van der Waals surface area contributed by atoms with Gasteiger partial charge in [0.05, 0.1) is 16.8 Å². The third kappa shape index (κ3) is 4.51. The number of nitrogens with zero attached hydrogens (tertiary/aromatic N) is 1. The fraction of sp³-hybridized carbons (Fsp3) is 0.118. The molecule has 0 radical (unpaired) electrons. The van der Waals surface area contributed by atoms with Crippen LogP contribution >= 0.6 is 0 Å². The fourth-order valence-electron chi connectivity index (χ4n) is 2.30. The Labute approximate surface area is 149 Å². The van der Waals surface area contributed by atoms with Crippen LogP contribution in [0.15, 0.2) is 48.2 Å². The average molecular weight is 386 g/mol. The lowest BCUT2D eigenvalue weighted by Crippen LogP contribution is -2.23. The van der Waals surface area contributed by atoms with Crippen LogP contribution in [-0.2, 0) is 12.4 Å². The first-order chi connectivity index (χ1) is 12.5. The normalized spacial score (nSPS) is 13.0. The van der Waals surface area contributed by atoms with Crippen molar-refractivity contribution in [1.29, 1.82) is 5.26 Å². The minimum atomic E-state index is -4.95. The highest BCUT2D eigenvalue weighted by atomic mass is 19.4. The number of hydrazine groups is 1. The lowest BCUT2D eigenvalue weighted by molar-refractivity contribution is -0.143. The van der Waals surface area contributed by atoms with Crippen LogP contribution in [0.2, 0.25) is 0 Å². The molecule has 10 heteroatoms. The summed E-state index contributed by atoms with van der Waals surface area (Å²) in [7, 11) is 0. The number of rotatable bonds is 3. The van der Waals surface area contributed by atoms with Crippen LogP contribution in [0.25, 0.3) is 16.8 Å². The largest absolute Gasteiger partial charge is 0.416 e. The molecule has 142 valence electrons. The van der Waals surface area contributed by atoms with Crippen molar-refractivity contribution in [2.24, 2.45) is 11.6 Å². The summed E-state index contributed by atoms with van der Waals surface area (Å²) < 4.78 is 78.0. The third-order valence-corrected chi connectivity index (χ3v) is 3.62. The summed E-state index contributed by atoms with van der Waals surface area (Å²) in [5.74, 6) is 5.15. The highest BCUT2D eigenvalue weighted by Gasteiger charge is 2.37. The van der Waals surface area contributed by atoms with E-state index in [1.54, 1.807) is 6.07 Å². The van der Waals surface area contributed by atoms with E-state index in [0.717, 1.165) is 0 Å². The van der Waals surface area contributed by atoms with Gasteiger partial charge in [0, 0.05) is 5.56 Å². The van der Waals surface area contributed by atoms with Crippen LogP contribution in [-0.4, -0.2) is 0 Å². The highest BCUT2D eigenvalue weighted by Crippen LogP contribution is 2.38. The molecule has 0 aromatic heterocycles. The predicted octanol–water partition coefficient (Wildman–Crippen LogP) is 4.01. The van der Waals surface area contributed by atoms with Crippen molar-refractivity contribution in [3.63, 3.8) is 0 Å². The Morgan fingerprint density at radius 1 is 0.889 bits per heavy atom. The Morgan fingerprint density at radius 2 is 1.44 bits per heavy atom. The van der Waals surface area contributed by atoms with Gasteiger partial charge in [0.25, 0.3) is 0 Å². The summed E-state index contributed by atoms with van der Waals surface area (Å²) in [4.78, 5) is 0. The van der Waals surface area contributed by atoms with Gasteiger partial charge in [-0.15, -0.1) is 0 Å². The maximum atomic E-state index is 13.0. The van der Waals surface area contributed by atoms with E-state index < -0.39 is 23.5 Å². The van der Waals surface area contributed by atoms with Crippen molar-refractivity contribution in [3.8, 4) is 17.2 Å². The number of halogens is 6. The zero-order valence-corrected chi connectivity index (χ0v) is 13.4. The van der Waals surface area contributed by atoms with Crippen molar-refractivity contribution in [1.82, 2.24) is 5.43 Å². The average Bonchev–Trinajstić information content (AvgIpc) is 2.61. The molecule has 0 saturated carbocycles. The van der Waals surface area contributed by atoms with Crippen LogP contribution in [0.5, 0.6) is 0 Å². The zero-order chi connectivity index (χ0) is 20.4. The lowest BCUT2D eigenvalue weighted by Gasteiger charge is -2.15. The van der Waals surface area contributed by atoms with Crippen LogP contribution in [0.3, 0.4) is 0 Å². The Hall–Kier alpha value is -3.19. The molecule has 0 atom stereocenters. The van der Waals surface area contributed by atoms with Crippen molar-refractivity contribution < 1.29 is 26.3 Å². The van der Waals surface area contributed by atoms with Crippen molar-refractivity contribution in [2.75, 3.05) is 0 Å². The van der Waals surface area contributed by atoms with Crippen LogP contribution in [0.1, 0.15) is 16.7 Å². The topological polar surface area (TPSA) is 87.9 Å². The summed E-state index contributed by atoms with van der Waals surface area (Å²) in [6, 6.07) is 8.37. The molecule has 0 saturated heterocycles. The van der Waals surface area contributed by atoms with E-state index in [2.05, 4.69) is 5.43 Å². The Morgan fingerprint density at radius 3 is 1.89 bits per heavy atom. The van der Waals surface area contributed by atoms with Gasteiger partial charge in [-0.25, -0.2) is 5.84 Å². The number of nitrogens with two attached hydrogens (primary N) is 2. The van der Waals surface area contributed by atoms with Crippen molar-refractivity contribution >= 4 is 5.70 Å². The molecule has 4 nitrogen and oxygen atoms in total. The molecule has 0 aliphatic heterocycles. The van der Waals surface area contributed by atoms with Crippen LogP contribution < -0.4 is 17.0 Å². The number of nitriles is 1. The van der Waals surface area contributed by atoms with Gasteiger partial charge in [-0.1, -0.05) is 18.2 Å². The summed E-state index contributed by atoms with van der Waals surface area (Å²) in [5, 5.41) is 8.92. The smallest absolute Gasteiger partial charge is 0.396 e. The lowest BCUT2D eigenvalue weighted by atomic mass is 9.97. The molecule has 0 aliphatic rings. The summed E-state index contributed by atoms with van der Waals surface area (Å²) in [6.07, 6.45) is -9.91. The standard InChI is InChI=1S/C17H12F6N4/c18-16(19,20)12-5-11(6-13(7-12)17(21,22)23)9-2-1-3-10(4-9)15(25)14(8-24)27-26/h1-7,27H,25-26H2/b15-14-. The van der Waals surface area contributed by atoms with E-state index in [-0.39, 0.29) is 34.2 Å². The monoisotopic (exact) mass is 386 g/mol. The highest BCUT2D eigenvalue weighted by molar-refractivity contribution is 5.74. The second-order valence-corrected chi connectivity index (χ2v) is 5.42.